The zero-order chi connectivity index (χ0) is 18.1. The van der Waals surface area contributed by atoms with E-state index >= 15 is 0 Å². The molecule has 0 aliphatic carbocycles. The van der Waals surface area contributed by atoms with Crippen molar-refractivity contribution in [2.24, 2.45) is 7.05 Å². The van der Waals surface area contributed by atoms with Gasteiger partial charge in [0.1, 0.15) is 0 Å². The van der Waals surface area contributed by atoms with Crippen molar-refractivity contribution < 1.29 is 19.1 Å². The fourth-order valence-electron chi connectivity index (χ4n) is 2.42. The van der Waals surface area contributed by atoms with Gasteiger partial charge in [0.2, 0.25) is 0 Å². The third kappa shape index (κ3) is 3.32. The SMILES string of the molecule is Cn1cc(CC(=O)c2cc(C(=O)c3c(Cl)ccc(O)c3F)c[nH]2)cn1. The lowest BCUT2D eigenvalue weighted by atomic mass is 10.0. The highest BCUT2D eigenvalue weighted by molar-refractivity contribution is 6.35. The number of aromatic hydroxyl groups is 1. The number of H-pyrrole nitrogens is 1. The number of hydrogen-bond donors (Lipinski definition) is 2. The predicted molar refractivity (Wildman–Crippen MR) is 88.5 cm³/mol. The number of phenols is 1. The Hall–Kier alpha value is -2.93. The van der Waals surface area contributed by atoms with Crippen LogP contribution >= 0.6 is 11.6 Å². The van der Waals surface area contributed by atoms with Crippen LogP contribution < -0.4 is 0 Å². The number of rotatable bonds is 5. The van der Waals surface area contributed by atoms with E-state index < -0.39 is 22.9 Å². The molecule has 3 aromatic rings. The summed E-state index contributed by atoms with van der Waals surface area (Å²) in [5.74, 6) is -2.73. The summed E-state index contributed by atoms with van der Waals surface area (Å²) in [6.07, 6.45) is 4.71. The Morgan fingerprint density at radius 1 is 1.40 bits per heavy atom. The highest BCUT2D eigenvalue weighted by Crippen LogP contribution is 2.28. The number of phenolic OH excluding ortho intramolecular Hbond substituents is 1. The molecule has 8 heteroatoms. The Labute approximate surface area is 146 Å². The van der Waals surface area contributed by atoms with Gasteiger partial charge in [-0.15, -0.1) is 0 Å². The van der Waals surface area contributed by atoms with E-state index in [1.165, 1.54) is 18.3 Å². The van der Waals surface area contributed by atoms with Gasteiger partial charge in [0.15, 0.2) is 23.1 Å². The van der Waals surface area contributed by atoms with E-state index in [0.717, 1.165) is 11.6 Å². The lowest BCUT2D eigenvalue weighted by molar-refractivity contribution is 0.0988. The summed E-state index contributed by atoms with van der Waals surface area (Å²) in [7, 11) is 1.74. The number of aromatic nitrogens is 3. The van der Waals surface area contributed by atoms with Crippen molar-refractivity contribution in [3.05, 3.63) is 70.0 Å². The molecule has 0 atom stereocenters. The Morgan fingerprint density at radius 2 is 2.16 bits per heavy atom. The van der Waals surface area contributed by atoms with E-state index in [0.29, 0.717) is 0 Å². The van der Waals surface area contributed by atoms with Crippen LogP contribution in [-0.2, 0) is 13.5 Å². The highest BCUT2D eigenvalue weighted by Gasteiger charge is 2.22. The van der Waals surface area contributed by atoms with Gasteiger partial charge in [-0.3, -0.25) is 14.3 Å². The predicted octanol–water partition coefficient (Wildman–Crippen LogP) is 2.90. The van der Waals surface area contributed by atoms with Crippen LogP contribution in [0.2, 0.25) is 5.02 Å². The van der Waals surface area contributed by atoms with Crippen molar-refractivity contribution in [3.8, 4) is 5.75 Å². The van der Waals surface area contributed by atoms with E-state index in [1.807, 2.05) is 0 Å². The minimum absolute atomic E-state index is 0.0703. The van der Waals surface area contributed by atoms with Gasteiger partial charge in [-0.05, 0) is 23.8 Å². The molecule has 0 amide bonds. The van der Waals surface area contributed by atoms with Gasteiger partial charge >= 0.3 is 0 Å². The molecule has 2 N–H and O–H groups in total. The molecule has 0 unspecified atom stereocenters. The summed E-state index contributed by atoms with van der Waals surface area (Å²) in [4.78, 5) is 27.4. The minimum Gasteiger partial charge on any atom is -0.505 e. The maximum Gasteiger partial charge on any atom is 0.199 e. The van der Waals surface area contributed by atoms with E-state index in [9.17, 15) is 19.1 Å². The second-order valence-electron chi connectivity index (χ2n) is 5.51. The molecule has 0 saturated heterocycles. The van der Waals surface area contributed by atoms with Crippen LogP contribution in [0.3, 0.4) is 0 Å². The number of hydrogen-bond acceptors (Lipinski definition) is 4. The molecule has 2 aromatic heterocycles. The van der Waals surface area contributed by atoms with Crippen LogP contribution in [0.15, 0.2) is 36.8 Å². The molecular weight excluding hydrogens is 349 g/mol. The standard InChI is InChI=1S/C17H13ClFN3O3/c1-22-8-9(6-21-22)4-14(24)12-5-10(7-20-12)17(25)15-11(18)2-3-13(23)16(15)19/h2-3,5-8,20,23H,4H2,1H3. The Kier molecular flexibility index (Phi) is 4.41. The Balaban J connectivity index is 1.85. The zero-order valence-corrected chi connectivity index (χ0v) is 13.8. The molecule has 2 heterocycles. The molecule has 0 spiro atoms. The molecule has 3 rings (SSSR count). The third-order valence-corrected chi connectivity index (χ3v) is 3.98. The summed E-state index contributed by atoms with van der Waals surface area (Å²) in [6.45, 7) is 0. The summed E-state index contributed by atoms with van der Waals surface area (Å²) in [6, 6.07) is 3.63. The zero-order valence-electron chi connectivity index (χ0n) is 13.1. The smallest absolute Gasteiger partial charge is 0.199 e. The van der Waals surface area contributed by atoms with Gasteiger partial charge in [0.25, 0.3) is 0 Å². The second-order valence-corrected chi connectivity index (χ2v) is 5.92. The topological polar surface area (TPSA) is 88.0 Å². The molecule has 0 radical (unpaired) electrons. The number of Topliss-reactive ketones (excluding diaryl/α,β-unsaturated/α-hetero) is 1. The first-order chi connectivity index (χ1) is 11.9. The molecule has 0 aliphatic rings. The summed E-state index contributed by atoms with van der Waals surface area (Å²) in [5.41, 5.74) is 0.578. The Morgan fingerprint density at radius 3 is 2.84 bits per heavy atom. The summed E-state index contributed by atoms with van der Waals surface area (Å²) in [5, 5.41) is 13.3. The number of nitrogens with zero attached hydrogens (tertiary/aromatic N) is 2. The second kappa shape index (κ2) is 6.52. The van der Waals surface area contributed by atoms with Crippen molar-refractivity contribution >= 4 is 23.2 Å². The molecule has 25 heavy (non-hydrogen) atoms. The number of halogens is 2. The molecule has 1 aromatic carbocycles. The number of benzene rings is 1. The van der Waals surface area contributed by atoms with Crippen LogP contribution in [0.4, 0.5) is 4.39 Å². The first-order valence-electron chi connectivity index (χ1n) is 7.27. The number of ketones is 2. The van der Waals surface area contributed by atoms with Gasteiger partial charge in [0, 0.05) is 31.4 Å². The average Bonchev–Trinajstić information content (AvgIpc) is 3.20. The third-order valence-electron chi connectivity index (χ3n) is 3.67. The van der Waals surface area contributed by atoms with E-state index in [2.05, 4.69) is 10.1 Å². The van der Waals surface area contributed by atoms with Crippen molar-refractivity contribution in [2.75, 3.05) is 0 Å². The fraction of sp³-hybridized carbons (Fsp3) is 0.118. The molecule has 128 valence electrons. The quantitative estimate of drug-likeness (QED) is 0.684. The van der Waals surface area contributed by atoms with E-state index in [-0.39, 0.29) is 28.5 Å². The van der Waals surface area contributed by atoms with Crippen molar-refractivity contribution in [3.63, 3.8) is 0 Å². The van der Waals surface area contributed by atoms with Crippen LogP contribution in [0.5, 0.6) is 5.75 Å². The molecule has 0 saturated carbocycles. The fourth-order valence-corrected chi connectivity index (χ4v) is 2.66. The molecule has 0 aliphatic heterocycles. The minimum atomic E-state index is -1.10. The first kappa shape index (κ1) is 16.9. The van der Waals surface area contributed by atoms with Crippen molar-refractivity contribution in [1.29, 1.82) is 0 Å². The number of aryl methyl sites for hydroxylation is 1. The van der Waals surface area contributed by atoms with E-state index in [1.54, 1.807) is 24.1 Å². The highest BCUT2D eigenvalue weighted by atomic mass is 35.5. The van der Waals surface area contributed by atoms with Crippen LogP contribution in [-0.4, -0.2) is 31.4 Å². The number of carbonyl (C=O) groups is 2. The van der Waals surface area contributed by atoms with Crippen molar-refractivity contribution in [2.45, 2.75) is 6.42 Å². The van der Waals surface area contributed by atoms with Crippen LogP contribution in [0.25, 0.3) is 0 Å². The average molecular weight is 362 g/mol. The van der Waals surface area contributed by atoms with Crippen molar-refractivity contribution in [1.82, 2.24) is 14.8 Å². The lowest BCUT2D eigenvalue weighted by Crippen LogP contribution is -2.05. The van der Waals surface area contributed by atoms with Gasteiger partial charge in [0.05, 0.1) is 22.5 Å². The number of nitrogens with one attached hydrogen (secondary N) is 1. The summed E-state index contributed by atoms with van der Waals surface area (Å²) < 4.78 is 15.6. The van der Waals surface area contributed by atoms with Gasteiger partial charge < -0.3 is 10.1 Å². The number of carbonyl (C=O) groups excluding carboxylic acids is 2. The van der Waals surface area contributed by atoms with Gasteiger partial charge in [-0.25, -0.2) is 4.39 Å². The largest absolute Gasteiger partial charge is 0.505 e. The normalized spacial score (nSPS) is 10.8. The van der Waals surface area contributed by atoms with Crippen LogP contribution in [0.1, 0.15) is 32.0 Å². The summed E-state index contributed by atoms with van der Waals surface area (Å²) >= 11 is 5.87. The Bertz CT molecular complexity index is 977. The van der Waals surface area contributed by atoms with Gasteiger partial charge in [-0.1, -0.05) is 11.6 Å². The molecular formula is C17H13ClFN3O3. The maximum atomic E-state index is 14.0. The lowest BCUT2D eigenvalue weighted by Gasteiger charge is -2.05. The monoisotopic (exact) mass is 361 g/mol. The van der Waals surface area contributed by atoms with Gasteiger partial charge in [-0.2, -0.15) is 5.10 Å². The first-order valence-corrected chi connectivity index (χ1v) is 7.65. The molecule has 0 bridgehead atoms. The maximum absolute atomic E-state index is 14.0. The van der Waals surface area contributed by atoms with Crippen LogP contribution in [0, 0.1) is 5.82 Å². The molecule has 6 nitrogen and oxygen atoms in total. The number of aromatic amines is 1. The molecule has 0 fully saturated rings. The van der Waals surface area contributed by atoms with E-state index in [4.69, 9.17) is 11.6 Å².